The summed E-state index contributed by atoms with van der Waals surface area (Å²) in [6, 6.07) is 1.41. The van der Waals surface area contributed by atoms with Crippen LogP contribution in [0, 0.1) is 0 Å². The molecule has 0 aliphatic rings. The van der Waals surface area contributed by atoms with Gasteiger partial charge in [0.05, 0.1) is 0 Å². The summed E-state index contributed by atoms with van der Waals surface area (Å²) in [5.41, 5.74) is 0. The lowest BCUT2D eigenvalue weighted by molar-refractivity contribution is 0.559. The van der Waals surface area contributed by atoms with Gasteiger partial charge in [-0.25, -0.2) is 0 Å². The predicted octanol–water partition coefficient (Wildman–Crippen LogP) is 6.97. The topological polar surface area (TPSA) is 9.23 Å². The molecule has 0 rings (SSSR count). The van der Waals surface area contributed by atoms with E-state index >= 15 is 0 Å². The number of hydrogen-bond donors (Lipinski definition) is 0. The summed E-state index contributed by atoms with van der Waals surface area (Å²) in [5, 5.41) is 0. The Morgan fingerprint density at radius 2 is 0.700 bits per heavy atom. The van der Waals surface area contributed by atoms with Gasteiger partial charge in [-0.05, 0) is 39.3 Å². The highest BCUT2D eigenvalue weighted by molar-refractivity contribution is 6.83. The molecule has 0 radical (unpaired) electrons. The van der Waals surface area contributed by atoms with Crippen LogP contribution in [0.5, 0.6) is 0 Å². The van der Waals surface area contributed by atoms with Crippen molar-refractivity contribution in [1.82, 2.24) is 0 Å². The molecule has 126 valence electrons. The molecule has 0 bridgehead atoms. The van der Waals surface area contributed by atoms with Gasteiger partial charge in [-0.1, -0.05) is 58.8 Å². The molecule has 0 aliphatic carbocycles. The van der Waals surface area contributed by atoms with Crippen molar-refractivity contribution in [2.75, 3.05) is 0 Å². The third kappa shape index (κ3) is 62.0. The second-order valence-electron chi connectivity index (χ2n) is 10.2. The summed E-state index contributed by atoms with van der Waals surface area (Å²) < 4.78 is 5.90. The average Bonchev–Trinajstić information content (AvgIpc) is 1.92. The van der Waals surface area contributed by atoms with Crippen LogP contribution in [0.15, 0.2) is 0 Å². The van der Waals surface area contributed by atoms with E-state index in [1.54, 1.807) is 0 Å². The maximum absolute atomic E-state index is 5.90. The Hall–Kier alpha value is 0.828. The smallest absolute Gasteiger partial charge is 0.170 e. The maximum Gasteiger partial charge on any atom is 0.170 e. The van der Waals surface area contributed by atoms with Gasteiger partial charge < -0.3 is 4.12 Å². The quantitative estimate of drug-likeness (QED) is 0.498. The Balaban J connectivity index is -0.000000230. The third-order valence-corrected chi connectivity index (χ3v) is 8.69. The van der Waals surface area contributed by atoms with Gasteiger partial charge in [0.1, 0.15) is 0 Å². The molecular formula is C15H44OSi4. The molecule has 0 aromatic rings. The van der Waals surface area contributed by atoms with Crippen LogP contribution in [0.2, 0.25) is 91.2 Å². The van der Waals surface area contributed by atoms with E-state index in [1.165, 1.54) is 6.04 Å². The van der Waals surface area contributed by atoms with E-state index in [9.17, 15) is 0 Å². The van der Waals surface area contributed by atoms with Crippen LogP contribution in [-0.2, 0) is 4.12 Å². The minimum Gasteiger partial charge on any atom is -0.456 e. The standard InChI is InChI=1S/C6H18OSi2.C5H14Si.C4H12Si/c1-8(2,3)7-9(4,5)6;1-5-6(2,3)4;1-5(2,3)4/h1-6H3;5H2,1-4H3;1-4H3. The Labute approximate surface area is 135 Å². The third-order valence-electron chi connectivity index (χ3n) is 1.67. The second kappa shape index (κ2) is 9.77. The van der Waals surface area contributed by atoms with Crippen molar-refractivity contribution in [3.63, 3.8) is 0 Å². The van der Waals surface area contributed by atoms with E-state index in [0.717, 1.165) is 0 Å². The highest BCUT2D eigenvalue weighted by Crippen LogP contribution is 2.12. The fourth-order valence-electron chi connectivity index (χ4n) is 0.919. The fourth-order valence-corrected chi connectivity index (χ4v) is 8.27. The Morgan fingerprint density at radius 1 is 0.550 bits per heavy atom. The molecule has 0 N–H and O–H groups in total. The summed E-state index contributed by atoms with van der Waals surface area (Å²) in [5.74, 6) is 0. The predicted molar refractivity (Wildman–Crippen MR) is 111 cm³/mol. The monoisotopic (exact) mass is 352 g/mol. The molecular weight excluding hydrogens is 309 g/mol. The van der Waals surface area contributed by atoms with Crippen molar-refractivity contribution < 1.29 is 4.12 Å². The van der Waals surface area contributed by atoms with Gasteiger partial charge in [0, 0.05) is 16.1 Å². The molecule has 0 unspecified atom stereocenters. The Bertz CT molecular complexity index is 208. The van der Waals surface area contributed by atoms with E-state index in [-0.39, 0.29) is 0 Å². The van der Waals surface area contributed by atoms with Crippen LogP contribution >= 0.6 is 0 Å². The SMILES string of the molecule is CC[Si](C)(C)C.C[Si](C)(C)C.C[Si](C)(C)O[Si](C)(C)C. The Morgan fingerprint density at radius 3 is 0.700 bits per heavy atom. The molecule has 0 aliphatic heterocycles. The molecule has 20 heavy (non-hydrogen) atoms. The van der Waals surface area contributed by atoms with Crippen LogP contribution in [0.25, 0.3) is 0 Å². The zero-order valence-electron chi connectivity index (χ0n) is 17.1. The largest absolute Gasteiger partial charge is 0.456 e. The molecule has 0 saturated carbocycles. The van der Waals surface area contributed by atoms with Crippen molar-refractivity contribution in [2.45, 2.75) is 98.1 Å². The van der Waals surface area contributed by atoms with E-state index < -0.39 is 32.8 Å². The van der Waals surface area contributed by atoms with Crippen LogP contribution in [0.1, 0.15) is 6.92 Å². The van der Waals surface area contributed by atoms with Crippen molar-refractivity contribution in [3.05, 3.63) is 0 Å². The zero-order valence-corrected chi connectivity index (χ0v) is 21.1. The van der Waals surface area contributed by atoms with Crippen molar-refractivity contribution in [3.8, 4) is 0 Å². The van der Waals surface area contributed by atoms with Crippen LogP contribution in [0.4, 0.5) is 0 Å². The molecule has 0 atom stereocenters. The lowest BCUT2D eigenvalue weighted by atomic mass is 11.0. The highest BCUT2D eigenvalue weighted by Gasteiger charge is 2.24. The lowest BCUT2D eigenvalue weighted by Gasteiger charge is -2.27. The first-order valence-electron chi connectivity index (χ1n) is 7.97. The van der Waals surface area contributed by atoms with Gasteiger partial charge in [-0.2, -0.15) is 0 Å². The summed E-state index contributed by atoms with van der Waals surface area (Å²) in [6.45, 7) is 32.2. The van der Waals surface area contributed by atoms with Gasteiger partial charge in [0.25, 0.3) is 0 Å². The molecule has 0 amide bonds. The first-order chi connectivity index (χ1) is 8.27. The van der Waals surface area contributed by atoms with Crippen LogP contribution in [-0.4, -0.2) is 32.8 Å². The Kier molecular flexibility index (Phi) is 12.6. The molecule has 0 aromatic carbocycles. The number of hydrogen-bond acceptors (Lipinski definition) is 1. The van der Waals surface area contributed by atoms with Gasteiger partial charge in [0.2, 0.25) is 0 Å². The minimum atomic E-state index is -1.23. The normalized spacial score (nSPS) is 12.9. The molecule has 0 heterocycles. The van der Waals surface area contributed by atoms with Crippen molar-refractivity contribution in [2.24, 2.45) is 0 Å². The minimum absolute atomic E-state index is 0.611. The van der Waals surface area contributed by atoms with Crippen LogP contribution in [0.3, 0.4) is 0 Å². The summed E-state index contributed by atoms with van der Waals surface area (Å²) in [6.07, 6.45) is 0. The van der Waals surface area contributed by atoms with Crippen molar-refractivity contribution >= 4 is 32.8 Å². The highest BCUT2D eigenvalue weighted by atomic mass is 28.4. The molecule has 0 saturated heterocycles. The summed E-state index contributed by atoms with van der Waals surface area (Å²) in [4.78, 5) is 0. The average molecular weight is 353 g/mol. The van der Waals surface area contributed by atoms with Crippen molar-refractivity contribution in [1.29, 1.82) is 0 Å². The first-order valence-corrected chi connectivity index (χ1v) is 22.5. The van der Waals surface area contributed by atoms with E-state index in [0.29, 0.717) is 0 Å². The summed E-state index contributed by atoms with van der Waals surface area (Å²) >= 11 is 0. The van der Waals surface area contributed by atoms with E-state index in [2.05, 4.69) is 92.0 Å². The maximum atomic E-state index is 5.90. The molecule has 1 nitrogen and oxygen atoms in total. The van der Waals surface area contributed by atoms with E-state index in [1.807, 2.05) is 0 Å². The first kappa shape index (κ1) is 25.8. The number of rotatable bonds is 3. The molecule has 5 heteroatoms. The second-order valence-corrected chi connectivity index (χ2v) is 31.3. The fraction of sp³-hybridized carbons (Fsp3) is 1.00. The summed E-state index contributed by atoms with van der Waals surface area (Å²) in [7, 11) is -3.70. The van der Waals surface area contributed by atoms with Gasteiger partial charge in [-0.15, -0.1) is 0 Å². The molecule has 0 fully saturated rings. The van der Waals surface area contributed by atoms with Crippen LogP contribution < -0.4 is 0 Å². The van der Waals surface area contributed by atoms with E-state index in [4.69, 9.17) is 4.12 Å². The molecule has 0 aromatic heterocycles. The molecule has 0 spiro atoms. The van der Waals surface area contributed by atoms with Gasteiger partial charge in [0.15, 0.2) is 16.6 Å². The lowest BCUT2D eigenvalue weighted by Crippen LogP contribution is -2.39. The zero-order chi connectivity index (χ0) is 17.4. The van der Waals surface area contributed by atoms with Gasteiger partial charge >= 0.3 is 0 Å². The van der Waals surface area contributed by atoms with Gasteiger partial charge in [-0.3, -0.25) is 0 Å².